The predicted octanol–water partition coefficient (Wildman–Crippen LogP) is 5.07. The molecule has 2 rings (SSSR count). The van der Waals surface area contributed by atoms with Gasteiger partial charge in [-0.05, 0) is 44.5 Å². The summed E-state index contributed by atoms with van der Waals surface area (Å²) in [5.74, 6) is -0.419. The zero-order chi connectivity index (χ0) is 24.3. The van der Waals surface area contributed by atoms with E-state index in [2.05, 4.69) is 56.5 Å². The van der Waals surface area contributed by atoms with E-state index in [1.807, 2.05) is 30.3 Å². The molecule has 1 N–H and O–H groups in total. The SMILES string of the molecule is CC(C)(C)C(=O)O[C@@H]1[C@@H](OCc2ccccc2)[C@H](O[Si](C)(C)C(C)(C)C)[C@@H](CI)O[C@@H]1O. The first kappa shape index (κ1) is 27.7. The van der Waals surface area contributed by atoms with E-state index in [-0.39, 0.29) is 11.1 Å². The number of carbonyl (C=O) groups is 1. The molecular weight excluding hydrogens is 539 g/mol. The number of halogens is 1. The van der Waals surface area contributed by atoms with E-state index in [0.717, 1.165) is 5.56 Å². The Morgan fingerprint density at radius 2 is 1.66 bits per heavy atom. The second-order valence-corrected chi connectivity index (χ2v) is 16.6. The standard InChI is InChI=1S/C24H39IO6Si/c1-23(2,3)22(27)30-20-19(28-15-16-12-10-9-11-13-16)18(17(14-25)29-21(20)26)31-32(7,8)24(4,5)6/h9-13,17-21,26H,14-15H2,1-8H3/t17-,18-,19+,20-,21+/m1/s1. The number of alkyl halides is 1. The van der Waals surface area contributed by atoms with Gasteiger partial charge in [-0.15, -0.1) is 0 Å². The number of ether oxygens (including phenoxy) is 3. The van der Waals surface area contributed by atoms with Crippen LogP contribution in [0.5, 0.6) is 0 Å². The summed E-state index contributed by atoms with van der Waals surface area (Å²) in [6.45, 7) is 16.5. The van der Waals surface area contributed by atoms with Crippen molar-refractivity contribution in [3.63, 3.8) is 0 Å². The van der Waals surface area contributed by atoms with Crippen molar-refractivity contribution in [3.8, 4) is 0 Å². The van der Waals surface area contributed by atoms with Gasteiger partial charge in [-0.1, -0.05) is 73.7 Å². The zero-order valence-corrected chi connectivity index (χ0v) is 23.7. The maximum atomic E-state index is 12.7. The molecule has 0 aliphatic carbocycles. The van der Waals surface area contributed by atoms with Gasteiger partial charge >= 0.3 is 5.97 Å². The number of esters is 1. The number of hydrogen-bond acceptors (Lipinski definition) is 6. The molecule has 0 radical (unpaired) electrons. The average molecular weight is 579 g/mol. The maximum Gasteiger partial charge on any atom is 0.311 e. The summed E-state index contributed by atoms with van der Waals surface area (Å²) in [5.41, 5.74) is 0.269. The number of carbonyl (C=O) groups excluding carboxylic acids is 1. The minimum absolute atomic E-state index is 0.0273. The molecule has 8 heteroatoms. The molecule has 0 bridgehead atoms. The average Bonchev–Trinajstić information content (AvgIpc) is 2.68. The van der Waals surface area contributed by atoms with Crippen LogP contribution < -0.4 is 0 Å². The van der Waals surface area contributed by atoms with Crippen LogP contribution in [-0.2, 0) is 30.0 Å². The van der Waals surface area contributed by atoms with Crippen LogP contribution >= 0.6 is 22.6 Å². The van der Waals surface area contributed by atoms with Crippen LogP contribution in [0.15, 0.2) is 30.3 Å². The largest absolute Gasteiger partial charge is 0.454 e. The zero-order valence-electron chi connectivity index (χ0n) is 20.6. The van der Waals surface area contributed by atoms with Gasteiger partial charge < -0.3 is 23.7 Å². The number of aliphatic hydroxyl groups is 1. The van der Waals surface area contributed by atoms with Gasteiger partial charge in [-0.25, -0.2) is 0 Å². The van der Waals surface area contributed by atoms with Crippen LogP contribution in [0.2, 0.25) is 18.1 Å². The van der Waals surface area contributed by atoms with Crippen molar-refractivity contribution in [1.82, 2.24) is 0 Å². The summed E-state index contributed by atoms with van der Waals surface area (Å²) in [4.78, 5) is 12.7. The minimum atomic E-state index is -2.21. The highest BCUT2D eigenvalue weighted by Crippen LogP contribution is 2.40. The Labute approximate surface area is 207 Å². The summed E-state index contributed by atoms with van der Waals surface area (Å²) in [6.07, 6.45) is -3.80. The molecule has 1 heterocycles. The lowest BCUT2D eigenvalue weighted by molar-refractivity contribution is -0.289. The van der Waals surface area contributed by atoms with Gasteiger partial charge in [0.15, 0.2) is 20.7 Å². The fourth-order valence-corrected chi connectivity index (χ4v) is 5.09. The summed E-state index contributed by atoms with van der Waals surface area (Å²) in [5, 5.41) is 10.8. The fourth-order valence-electron chi connectivity index (χ4n) is 3.06. The van der Waals surface area contributed by atoms with Gasteiger partial charge in [0.25, 0.3) is 0 Å². The Kier molecular flexibility index (Phi) is 9.37. The molecule has 1 saturated heterocycles. The molecular formula is C24H39IO6Si. The highest BCUT2D eigenvalue weighted by molar-refractivity contribution is 14.1. The number of rotatable bonds is 7. The van der Waals surface area contributed by atoms with Crippen LogP contribution in [0, 0.1) is 5.41 Å². The lowest BCUT2D eigenvalue weighted by Crippen LogP contribution is -2.64. The minimum Gasteiger partial charge on any atom is -0.454 e. The second-order valence-electron chi connectivity index (χ2n) is 10.9. The van der Waals surface area contributed by atoms with Gasteiger partial charge in [0.2, 0.25) is 0 Å². The molecule has 32 heavy (non-hydrogen) atoms. The van der Waals surface area contributed by atoms with Crippen LogP contribution in [0.1, 0.15) is 47.1 Å². The first-order valence-corrected chi connectivity index (χ1v) is 15.5. The van der Waals surface area contributed by atoms with Crippen LogP contribution in [0.4, 0.5) is 0 Å². The third-order valence-corrected chi connectivity index (χ3v) is 11.5. The topological polar surface area (TPSA) is 74.2 Å². The van der Waals surface area contributed by atoms with Gasteiger partial charge in [-0.2, -0.15) is 0 Å². The van der Waals surface area contributed by atoms with Gasteiger partial charge in [-0.3, -0.25) is 4.79 Å². The van der Waals surface area contributed by atoms with E-state index < -0.39 is 44.3 Å². The Balaban J connectivity index is 2.40. The Morgan fingerprint density at radius 1 is 1.06 bits per heavy atom. The van der Waals surface area contributed by atoms with Gasteiger partial charge in [0, 0.05) is 4.43 Å². The lowest BCUT2D eigenvalue weighted by Gasteiger charge is -2.48. The monoisotopic (exact) mass is 578 g/mol. The number of aliphatic hydroxyl groups excluding tert-OH is 1. The lowest BCUT2D eigenvalue weighted by atomic mass is 9.95. The third kappa shape index (κ3) is 6.99. The van der Waals surface area contributed by atoms with Crippen molar-refractivity contribution in [1.29, 1.82) is 0 Å². The summed E-state index contributed by atoms with van der Waals surface area (Å²) in [6, 6.07) is 9.81. The van der Waals surface area contributed by atoms with Crippen molar-refractivity contribution >= 4 is 36.9 Å². The molecule has 1 aromatic rings. The third-order valence-electron chi connectivity index (χ3n) is 6.14. The molecule has 0 amide bonds. The molecule has 1 aliphatic rings. The molecule has 0 aromatic heterocycles. The molecule has 0 saturated carbocycles. The number of benzene rings is 1. The molecule has 1 aromatic carbocycles. The summed E-state index contributed by atoms with van der Waals surface area (Å²) < 4.78 is 25.4. The molecule has 1 aliphatic heterocycles. The highest BCUT2D eigenvalue weighted by atomic mass is 127. The fraction of sp³-hybridized carbons (Fsp3) is 0.708. The van der Waals surface area contributed by atoms with Crippen molar-refractivity contribution < 1.29 is 28.5 Å². The van der Waals surface area contributed by atoms with E-state index >= 15 is 0 Å². The summed E-state index contributed by atoms with van der Waals surface area (Å²) >= 11 is 2.24. The molecule has 182 valence electrons. The maximum absolute atomic E-state index is 12.7. The van der Waals surface area contributed by atoms with Crippen LogP contribution in [0.25, 0.3) is 0 Å². The molecule has 5 atom stereocenters. The Hall–Kier alpha value is -0.523. The molecule has 1 fully saturated rings. The van der Waals surface area contributed by atoms with E-state index in [0.29, 0.717) is 11.0 Å². The predicted molar refractivity (Wildman–Crippen MR) is 136 cm³/mol. The van der Waals surface area contributed by atoms with Crippen molar-refractivity contribution in [2.75, 3.05) is 4.43 Å². The Morgan fingerprint density at radius 3 is 2.16 bits per heavy atom. The van der Waals surface area contributed by atoms with Gasteiger partial charge in [0.1, 0.15) is 12.2 Å². The van der Waals surface area contributed by atoms with E-state index in [1.165, 1.54) is 0 Å². The van der Waals surface area contributed by atoms with Crippen LogP contribution in [0.3, 0.4) is 0 Å². The molecule has 0 spiro atoms. The van der Waals surface area contributed by atoms with E-state index in [1.54, 1.807) is 20.8 Å². The Bertz CT molecular complexity index is 743. The van der Waals surface area contributed by atoms with Crippen molar-refractivity contribution in [2.24, 2.45) is 5.41 Å². The van der Waals surface area contributed by atoms with Crippen LogP contribution in [-0.4, -0.2) is 54.5 Å². The number of hydrogen-bond donors (Lipinski definition) is 1. The molecule has 6 nitrogen and oxygen atoms in total. The molecule has 0 unspecified atom stereocenters. The highest BCUT2D eigenvalue weighted by Gasteiger charge is 2.52. The van der Waals surface area contributed by atoms with Crippen molar-refractivity contribution in [3.05, 3.63) is 35.9 Å². The second kappa shape index (κ2) is 10.8. The van der Waals surface area contributed by atoms with E-state index in [9.17, 15) is 9.90 Å². The summed E-state index contributed by atoms with van der Waals surface area (Å²) in [7, 11) is -2.21. The first-order chi connectivity index (χ1) is 14.7. The van der Waals surface area contributed by atoms with Crippen molar-refractivity contribution in [2.45, 2.75) is 97.0 Å². The smallest absolute Gasteiger partial charge is 0.311 e. The quantitative estimate of drug-likeness (QED) is 0.211. The normalized spacial score (nSPS) is 27.2. The first-order valence-electron chi connectivity index (χ1n) is 11.1. The van der Waals surface area contributed by atoms with E-state index in [4.69, 9.17) is 18.6 Å². The van der Waals surface area contributed by atoms with Gasteiger partial charge in [0.05, 0.1) is 18.1 Å².